The fourth-order valence-corrected chi connectivity index (χ4v) is 1.54. The first-order valence-electron chi connectivity index (χ1n) is 5.57. The summed E-state index contributed by atoms with van der Waals surface area (Å²) in [6, 6.07) is 2.53. The summed E-state index contributed by atoms with van der Waals surface area (Å²) in [5.41, 5.74) is 0.329. The average molecular weight is 240 g/mol. The van der Waals surface area contributed by atoms with E-state index in [0.29, 0.717) is 18.5 Å². The van der Waals surface area contributed by atoms with Gasteiger partial charge in [0.15, 0.2) is 0 Å². The summed E-state index contributed by atoms with van der Waals surface area (Å²) in [5.74, 6) is -0.702. The maximum absolute atomic E-state index is 12.5. The molecule has 0 aliphatic heterocycles. The minimum Gasteiger partial charge on any atom is -0.393 e. The zero-order chi connectivity index (χ0) is 12.8. The van der Waals surface area contributed by atoms with E-state index < -0.39 is 5.95 Å². The monoisotopic (exact) mass is 240 g/mol. The van der Waals surface area contributed by atoms with Gasteiger partial charge in [-0.1, -0.05) is 6.92 Å². The van der Waals surface area contributed by atoms with Crippen molar-refractivity contribution in [2.75, 3.05) is 6.54 Å². The number of nitrogens with zero attached hydrogens (tertiary/aromatic N) is 1. The number of hydrogen-bond acceptors (Lipinski definition) is 3. The Bertz CT molecular complexity index is 365. The Morgan fingerprint density at radius 2 is 2.24 bits per heavy atom. The maximum atomic E-state index is 12.5. The second kappa shape index (κ2) is 6.30. The van der Waals surface area contributed by atoms with Gasteiger partial charge in [0.2, 0.25) is 5.95 Å². The van der Waals surface area contributed by atoms with Crippen LogP contribution in [-0.2, 0) is 0 Å². The van der Waals surface area contributed by atoms with E-state index in [4.69, 9.17) is 0 Å². The Morgan fingerprint density at radius 1 is 1.53 bits per heavy atom. The molecule has 0 aromatic carbocycles. The number of nitrogens with one attached hydrogen (secondary N) is 1. The zero-order valence-electron chi connectivity index (χ0n) is 9.98. The summed E-state index contributed by atoms with van der Waals surface area (Å²) >= 11 is 0. The highest BCUT2D eigenvalue weighted by Crippen LogP contribution is 2.05. The maximum Gasteiger partial charge on any atom is 0.252 e. The zero-order valence-corrected chi connectivity index (χ0v) is 9.98. The molecule has 0 aliphatic rings. The van der Waals surface area contributed by atoms with Crippen molar-refractivity contribution in [2.24, 2.45) is 5.92 Å². The number of carbonyl (C=O) groups excluding carboxylic acids is 1. The van der Waals surface area contributed by atoms with Gasteiger partial charge in [0.25, 0.3) is 5.91 Å². The van der Waals surface area contributed by atoms with Crippen LogP contribution in [0.15, 0.2) is 18.3 Å². The number of aromatic nitrogens is 1. The molecule has 1 aromatic heterocycles. The third-order valence-corrected chi connectivity index (χ3v) is 2.34. The van der Waals surface area contributed by atoms with Gasteiger partial charge in [-0.15, -0.1) is 0 Å². The molecule has 0 radical (unpaired) electrons. The molecule has 2 N–H and O–H groups in total. The number of halogens is 1. The van der Waals surface area contributed by atoms with Gasteiger partial charge in [0, 0.05) is 12.7 Å². The van der Waals surface area contributed by atoms with E-state index in [0.717, 1.165) is 6.07 Å². The van der Waals surface area contributed by atoms with E-state index in [1.807, 2.05) is 6.92 Å². The molecule has 0 bridgehead atoms. The second-order valence-corrected chi connectivity index (χ2v) is 4.27. The molecule has 2 atom stereocenters. The molecule has 2 unspecified atom stereocenters. The average Bonchev–Trinajstić information content (AvgIpc) is 2.26. The number of carbonyl (C=O) groups is 1. The minimum atomic E-state index is -0.607. The van der Waals surface area contributed by atoms with E-state index in [1.165, 1.54) is 12.3 Å². The Balaban J connectivity index is 2.42. The van der Waals surface area contributed by atoms with Crippen molar-refractivity contribution in [1.82, 2.24) is 10.3 Å². The van der Waals surface area contributed by atoms with Gasteiger partial charge < -0.3 is 10.4 Å². The van der Waals surface area contributed by atoms with Crippen LogP contribution >= 0.6 is 0 Å². The van der Waals surface area contributed by atoms with Crippen molar-refractivity contribution in [2.45, 2.75) is 26.4 Å². The molecule has 1 heterocycles. The third kappa shape index (κ3) is 4.91. The van der Waals surface area contributed by atoms with Gasteiger partial charge in [-0.25, -0.2) is 4.98 Å². The second-order valence-electron chi connectivity index (χ2n) is 4.27. The van der Waals surface area contributed by atoms with Gasteiger partial charge in [-0.3, -0.25) is 4.79 Å². The molecule has 5 heteroatoms. The highest BCUT2D eigenvalue weighted by Gasteiger charge is 2.10. The van der Waals surface area contributed by atoms with E-state index >= 15 is 0 Å². The fourth-order valence-electron chi connectivity index (χ4n) is 1.54. The predicted molar refractivity (Wildman–Crippen MR) is 62.0 cm³/mol. The lowest BCUT2D eigenvalue weighted by atomic mass is 10.0. The number of pyridine rings is 1. The largest absolute Gasteiger partial charge is 0.393 e. The third-order valence-electron chi connectivity index (χ3n) is 2.34. The summed E-state index contributed by atoms with van der Waals surface area (Å²) in [7, 11) is 0. The van der Waals surface area contributed by atoms with Crippen LogP contribution in [0.25, 0.3) is 0 Å². The molecule has 1 rings (SSSR count). The predicted octanol–water partition coefficient (Wildman–Crippen LogP) is 1.36. The first-order valence-corrected chi connectivity index (χ1v) is 5.57. The number of hydrogen-bond donors (Lipinski definition) is 2. The molecule has 0 saturated heterocycles. The van der Waals surface area contributed by atoms with Crippen LogP contribution in [0.3, 0.4) is 0 Å². The Hall–Kier alpha value is -1.49. The van der Waals surface area contributed by atoms with E-state index in [2.05, 4.69) is 10.3 Å². The van der Waals surface area contributed by atoms with Crippen molar-refractivity contribution < 1.29 is 14.3 Å². The normalized spacial score (nSPS) is 14.1. The molecular weight excluding hydrogens is 223 g/mol. The topological polar surface area (TPSA) is 62.2 Å². The van der Waals surface area contributed by atoms with Crippen LogP contribution in [0.5, 0.6) is 0 Å². The van der Waals surface area contributed by atoms with E-state index in [9.17, 15) is 14.3 Å². The van der Waals surface area contributed by atoms with E-state index in [1.54, 1.807) is 6.92 Å². The summed E-state index contributed by atoms with van der Waals surface area (Å²) in [6.07, 6.45) is 1.45. The van der Waals surface area contributed by atoms with E-state index in [-0.39, 0.29) is 17.9 Å². The number of aliphatic hydroxyl groups is 1. The molecule has 1 amide bonds. The van der Waals surface area contributed by atoms with Crippen molar-refractivity contribution in [3.05, 3.63) is 29.8 Å². The SMILES string of the molecule is CC(O)CC(C)CNC(=O)c1ccc(F)nc1. The quantitative estimate of drug-likeness (QED) is 0.764. The minimum absolute atomic E-state index is 0.187. The molecule has 4 nitrogen and oxygen atoms in total. The van der Waals surface area contributed by atoms with Crippen LogP contribution < -0.4 is 5.32 Å². The Kier molecular flexibility index (Phi) is 5.03. The van der Waals surface area contributed by atoms with Crippen LogP contribution in [0, 0.1) is 11.9 Å². The summed E-state index contributed by atoms with van der Waals surface area (Å²) < 4.78 is 12.5. The molecule has 1 aromatic rings. The summed E-state index contributed by atoms with van der Waals surface area (Å²) in [6.45, 7) is 4.12. The first-order chi connectivity index (χ1) is 7.99. The standard InChI is InChI=1S/C12H17FN2O2/c1-8(5-9(2)16)6-15-12(17)10-3-4-11(13)14-7-10/h3-4,7-9,16H,5-6H2,1-2H3,(H,15,17). The lowest BCUT2D eigenvalue weighted by Crippen LogP contribution is -2.29. The van der Waals surface area contributed by atoms with Gasteiger partial charge >= 0.3 is 0 Å². The molecule has 94 valence electrons. The summed E-state index contributed by atoms with van der Waals surface area (Å²) in [5, 5.41) is 11.9. The van der Waals surface area contributed by atoms with Crippen molar-refractivity contribution in [1.29, 1.82) is 0 Å². The first kappa shape index (κ1) is 13.6. The van der Waals surface area contributed by atoms with Crippen LogP contribution in [0.4, 0.5) is 4.39 Å². The summed E-state index contributed by atoms with van der Waals surface area (Å²) in [4.78, 5) is 15.0. The number of amides is 1. The molecule has 17 heavy (non-hydrogen) atoms. The smallest absolute Gasteiger partial charge is 0.252 e. The molecule has 0 fully saturated rings. The number of aliphatic hydroxyl groups excluding tert-OH is 1. The highest BCUT2D eigenvalue weighted by atomic mass is 19.1. The molecule has 0 spiro atoms. The Labute approximate surface area is 99.9 Å². The molecular formula is C12H17FN2O2. The molecule has 0 aliphatic carbocycles. The van der Waals surface area contributed by atoms with Crippen molar-refractivity contribution >= 4 is 5.91 Å². The number of rotatable bonds is 5. The van der Waals surface area contributed by atoms with Crippen LogP contribution in [0.1, 0.15) is 30.6 Å². The lowest BCUT2D eigenvalue weighted by Gasteiger charge is -2.14. The van der Waals surface area contributed by atoms with Gasteiger partial charge in [-0.2, -0.15) is 4.39 Å². The van der Waals surface area contributed by atoms with Gasteiger partial charge in [-0.05, 0) is 31.4 Å². The Morgan fingerprint density at radius 3 is 2.76 bits per heavy atom. The van der Waals surface area contributed by atoms with Crippen LogP contribution in [0.2, 0.25) is 0 Å². The van der Waals surface area contributed by atoms with Crippen molar-refractivity contribution in [3.63, 3.8) is 0 Å². The fraction of sp³-hybridized carbons (Fsp3) is 0.500. The van der Waals surface area contributed by atoms with Crippen LogP contribution in [-0.4, -0.2) is 28.6 Å². The lowest BCUT2D eigenvalue weighted by molar-refractivity contribution is 0.0939. The highest BCUT2D eigenvalue weighted by molar-refractivity contribution is 5.93. The van der Waals surface area contributed by atoms with Gasteiger partial charge in [0.1, 0.15) is 0 Å². The van der Waals surface area contributed by atoms with Gasteiger partial charge in [0.05, 0.1) is 11.7 Å². The van der Waals surface area contributed by atoms with Crippen molar-refractivity contribution in [3.8, 4) is 0 Å². The molecule has 0 saturated carbocycles.